The van der Waals surface area contributed by atoms with E-state index in [1.807, 2.05) is 18.2 Å². The number of rotatable bonds is 4. The first-order valence-electron chi connectivity index (χ1n) is 8.12. The third kappa shape index (κ3) is 3.24. The van der Waals surface area contributed by atoms with Gasteiger partial charge in [0.05, 0.1) is 11.9 Å². The minimum Gasteiger partial charge on any atom is -0.300 e. The van der Waals surface area contributed by atoms with E-state index in [-0.39, 0.29) is 6.04 Å². The normalized spacial score (nSPS) is 20.4. The van der Waals surface area contributed by atoms with Gasteiger partial charge in [0.1, 0.15) is 4.90 Å². The van der Waals surface area contributed by atoms with Crippen molar-refractivity contribution in [1.29, 1.82) is 0 Å². The van der Waals surface area contributed by atoms with E-state index < -0.39 is 10.0 Å². The molecular weight excluding hydrogens is 324 g/mol. The van der Waals surface area contributed by atoms with Gasteiger partial charge in [-0.1, -0.05) is 30.3 Å². The van der Waals surface area contributed by atoms with Crippen molar-refractivity contribution in [2.45, 2.75) is 24.3 Å². The van der Waals surface area contributed by atoms with Crippen LogP contribution in [0.4, 0.5) is 0 Å². The van der Waals surface area contributed by atoms with Crippen LogP contribution in [0.25, 0.3) is 0 Å². The summed E-state index contributed by atoms with van der Waals surface area (Å²) in [4.78, 5) is 2.56. The maximum Gasteiger partial charge on any atom is 0.246 e. The molecule has 6 nitrogen and oxygen atoms in total. The zero-order valence-corrected chi connectivity index (χ0v) is 15.2. The van der Waals surface area contributed by atoms with E-state index in [4.69, 9.17) is 0 Å². The van der Waals surface area contributed by atoms with Crippen LogP contribution < -0.4 is 0 Å². The van der Waals surface area contributed by atoms with E-state index in [0.29, 0.717) is 23.7 Å². The van der Waals surface area contributed by atoms with E-state index in [1.54, 1.807) is 23.0 Å². The molecule has 0 aliphatic carbocycles. The van der Waals surface area contributed by atoms with Crippen molar-refractivity contribution >= 4 is 10.0 Å². The van der Waals surface area contributed by atoms with Crippen LogP contribution in [0.1, 0.15) is 11.3 Å². The highest BCUT2D eigenvalue weighted by Crippen LogP contribution is 2.23. The summed E-state index contributed by atoms with van der Waals surface area (Å²) in [6.45, 7) is 3.54. The zero-order chi connectivity index (χ0) is 17.3. The van der Waals surface area contributed by atoms with Crippen molar-refractivity contribution in [3.05, 3.63) is 47.8 Å². The number of sulfonamides is 1. The summed E-state index contributed by atoms with van der Waals surface area (Å²) in [6.07, 6.45) is 2.30. The molecule has 0 amide bonds. The Labute approximate surface area is 143 Å². The fraction of sp³-hybridized carbons (Fsp3) is 0.471. The number of likely N-dealkylation sites (N-methyl/N-ethyl adjacent to an activating group) is 1. The van der Waals surface area contributed by atoms with Crippen LogP contribution in [0.15, 0.2) is 41.4 Å². The first-order valence-corrected chi connectivity index (χ1v) is 9.56. The molecule has 1 aliphatic rings. The monoisotopic (exact) mass is 348 g/mol. The van der Waals surface area contributed by atoms with Crippen molar-refractivity contribution in [1.82, 2.24) is 19.0 Å². The quantitative estimate of drug-likeness (QED) is 0.835. The topological polar surface area (TPSA) is 58.4 Å². The Hall–Kier alpha value is -1.70. The lowest BCUT2D eigenvalue weighted by molar-refractivity contribution is 0.147. The molecule has 1 aromatic carbocycles. The lowest BCUT2D eigenvalue weighted by Gasteiger charge is -2.38. The maximum atomic E-state index is 13.0. The molecule has 0 spiro atoms. The number of nitrogens with zero attached hydrogens (tertiary/aromatic N) is 4. The smallest absolute Gasteiger partial charge is 0.246 e. The van der Waals surface area contributed by atoms with Crippen LogP contribution in [-0.4, -0.2) is 60.1 Å². The van der Waals surface area contributed by atoms with Crippen LogP contribution in [-0.2, 0) is 23.5 Å². The molecule has 1 atom stereocenters. The van der Waals surface area contributed by atoms with Crippen molar-refractivity contribution < 1.29 is 8.42 Å². The molecule has 0 radical (unpaired) electrons. The molecule has 130 valence electrons. The third-order valence-electron chi connectivity index (χ3n) is 4.86. The largest absolute Gasteiger partial charge is 0.300 e. The number of hydrogen-bond acceptors (Lipinski definition) is 4. The lowest BCUT2D eigenvalue weighted by atomic mass is 10.0. The van der Waals surface area contributed by atoms with Crippen molar-refractivity contribution in [2.24, 2.45) is 7.05 Å². The summed E-state index contributed by atoms with van der Waals surface area (Å²) >= 11 is 0. The molecule has 1 saturated heterocycles. The molecule has 1 aromatic heterocycles. The average Bonchev–Trinajstić information content (AvgIpc) is 2.90. The highest BCUT2D eigenvalue weighted by atomic mass is 32.2. The molecule has 0 bridgehead atoms. The van der Waals surface area contributed by atoms with Crippen LogP contribution in [0.5, 0.6) is 0 Å². The number of piperazine rings is 1. The minimum atomic E-state index is -3.50. The molecule has 1 fully saturated rings. The Morgan fingerprint density at radius 3 is 2.50 bits per heavy atom. The Morgan fingerprint density at radius 1 is 1.17 bits per heavy atom. The highest BCUT2D eigenvalue weighted by Gasteiger charge is 2.34. The molecule has 1 aliphatic heterocycles. The van der Waals surface area contributed by atoms with Crippen LogP contribution in [0, 0.1) is 6.92 Å². The van der Waals surface area contributed by atoms with Gasteiger partial charge in [-0.2, -0.15) is 9.40 Å². The average molecular weight is 348 g/mol. The first kappa shape index (κ1) is 17.1. The highest BCUT2D eigenvalue weighted by molar-refractivity contribution is 7.89. The van der Waals surface area contributed by atoms with Crippen LogP contribution >= 0.6 is 0 Å². The summed E-state index contributed by atoms with van der Waals surface area (Å²) in [5.41, 5.74) is 1.90. The van der Waals surface area contributed by atoms with E-state index in [1.165, 1.54) is 11.8 Å². The summed E-state index contributed by atoms with van der Waals surface area (Å²) in [5.74, 6) is 0. The van der Waals surface area contributed by atoms with E-state index >= 15 is 0 Å². The molecule has 2 aromatic rings. The van der Waals surface area contributed by atoms with Crippen LogP contribution in [0.3, 0.4) is 0 Å². The van der Waals surface area contributed by atoms with E-state index in [2.05, 4.69) is 29.2 Å². The van der Waals surface area contributed by atoms with Gasteiger partial charge in [0.25, 0.3) is 0 Å². The first-order chi connectivity index (χ1) is 11.4. The fourth-order valence-electron chi connectivity index (χ4n) is 3.11. The van der Waals surface area contributed by atoms with Crippen molar-refractivity contribution in [3.8, 4) is 0 Å². The zero-order valence-electron chi connectivity index (χ0n) is 14.4. The second-order valence-electron chi connectivity index (χ2n) is 6.41. The van der Waals surface area contributed by atoms with Crippen molar-refractivity contribution in [2.75, 3.05) is 26.7 Å². The van der Waals surface area contributed by atoms with Gasteiger partial charge in [0.2, 0.25) is 10.0 Å². The van der Waals surface area contributed by atoms with Crippen molar-refractivity contribution in [3.63, 3.8) is 0 Å². The van der Waals surface area contributed by atoms with Gasteiger partial charge in [-0.3, -0.25) is 4.68 Å². The predicted octanol–water partition coefficient (Wildman–Crippen LogP) is 1.28. The second-order valence-corrected chi connectivity index (χ2v) is 8.31. The summed E-state index contributed by atoms with van der Waals surface area (Å²) < 4.78 is 29.2. The van der Waals surface area contributed by atoms with Gasteiger partial charge in [0, 0.05) is 32.7 Å². The molecule has 3 rings (SSSR count). The number of hydrogen-bond donors (Lipinski definition) is 0. The number of benzene rings is 1. The second kappa shape index (κ2) is 6.66. The van der Waals surface area contributed by atoms with E-state index in [9.17, 15) is 8.42 Å². The Morgan fingerprint density at radius 2 is 1.88 bits per heavy atom. The van der Waals surface area contributed by atoms with E-state index in [0.717, 1.165) is 13.0 Å². The third-order valence-corrected chi connectivity index (χ3v) is 6.83. The Balaban J connectivity index is 1.81. The molecule has 0 unspecified atom stereocenters. The molecule has 7 heteroatoms. The Kier molecular flexibility index (Phi) is 4.76. The van der Waals surface area contributed by atoms with Gasteiger partial charge in [-0.05, 0) is 26.0 Å². The standard InChI is InChI=1S/C17H24N4O2S/c1-14-17(12-18-20(14)3)24(22,23)21-10-9-19(2)16(13-21)11-15-7-5-4-6-8-15/h4-8,12,16H,9-11,13H2,1-3H3/t16-/m1/s1. The Bertz CT molecular complexity index is 801. The fourth-order valence-corrected chi connectivity index (χ4v) is 4.77. The van der Waals surface area contributed by atoms with Crippen LogP contribution in [0.2, 0.25) is 0 Å². The molecule has 0 N–H and O–H groups in total. The summed E-state index contributed by atoms with van der Waals surface area (Å²) in [5, 5.41) is 4.08. The molecule has 2 heterocycles. The summed E-state index contributed by atoms with van der Waals surface area (Å²) in [7, 11) is 0.326. The number of aryl methyl sites for hydroxylation is 1. The number of aromatic nitrogens is 2. The van der Waals surface area contributed by atoms with Gasteiger partial charge in [-0.15, -0.1) is 0 Å². The predicted molar refractivity (Wildman–Crippen MR) is 93.3 cm³/mol. The maximum absolute atomic E-state index is 13.0. The van der Waals surface area contributed by atoms with Gasteiger partial charge < -0.3 is 4.90 Å². The molecule has 0 saturated carbocycles. The SMILES string of the molecule is Cc1c(S(=O)(=O)N2CCN(C)[C@H](Cc3ccccc3)C2)cnn1C. The molecular formula is C17H24N4O2S. The van der Waals surface area contributed by atoms with Gasteiger partial charge in [0.15, 0.2) is 0 Å². The van der Waals surface area contributed by atoms with Gasteiger partial charge in [-0.25, -0.2) is 8.42 Å². The molecule has 24 heavy (non-hydrogen) atoms. The van der Waals surface area contributed by atoms with Gasteiger partial charge >= 0.3 is 0 Å². The minimum absolute atomic E-state index is 0.174. The summed E-state index contributed by atoms with van der Waals surface area (Å²) in [6, 6.07) is 10.4. The lowest BCUT2D eigenvalue weighted by Crippen LogP contribution is -2.53.